The lowest BCUT2D eigenvalue weighted by Crippen LogP contribution is -2.43. The fourth-order valence-corrected chi connectivity index (χ4v) is 5.13. The Morgan fingerprint density at radius 3 is 2.62 bits per heavy atom. The van der Waals surface area contributed by atoms with Crippen molar-refractivity contribution in [2.45, 2.75) is 49.1 Å². The average molecular weight is 536 g/mol. The Kier molecular flexibility index (Phi) is 10.9. The molecule has 0 amide bonds. The van der Waals surface area contributed by atoms with Gasteiger partial charge in [0.1, 0.15) is 11.9 Å². The van der Waals surface area contributed by atoms with Crippen LogP contribution < -0.4 is 0 Å². The molecule has 3 aliphatic rings. The molecule has 0 spiro atoms. The highest BCUT2D eigenvalue weighted by atomic mass is 35.5. The molecule has 2 heterocycles. The zero-order valence-corrected chi connectivity index (χ0v) is 21.7. The summed E-state index contributed by atoms with van der Waals surface area (Å²) in [6, 6.07) is 5.49. The molecule has 2 aliphatic heterocycles. The molecular weight excluding hydrogens is 502 g/mol. The largest absolute Gasteiger partial charge is 0.468 e. The minimum atomic E-state index is -0.593. The van der Waals surface area contributed by atoms with Crippen LogP contribution in [-0.2, 0) is 14.3 Å². The second kappa shape index (κ2) is 12.7. The van der Waals surface area contributed by atoms with E-state index in [-0.39, 0.29) is 53.6 Å². The number of ether oxygens (including phenoxy) is 1. The number of halogens is 3. The van der Waals surface area contributed by atoms with E-state index in [1.165, 1.54) is 13.2 Å². The molecule has 10 heteroatoms. The number of carbonyl (C=O) groups is 2. The van der Waals surface area contributed by atoms with Crippen molar-refractivity contribution >= 4 is 49.2 Å². The fraction of sp³-hybridized carbons (Fsp3) is 0.583. The quantitative estimate of drug-likeness (QED) is 0.318. The van der Waals surface area contributed by atoms with E-state index in [9.17, 15) is 19.1 Å². The second-order valence-electron chi connectivity index (χ2n) is 9.04. The molecule has 3 fully saturated rings. The number of ketones is 1. The third-order valence-electron chi connectivity index (χ3n) is 6.76. The van der Waals surface area contributed by atoms with Crippen LogP contribution in [0.15, 0.2) is 35.9 Å². The van der Waals surface area contributed by atoms with Crippen LogP contribution in [0.2, 0.25) is 0 Å². The van der Waals surface area contributed by atoms with Crippen LogP contribution in [0.25, 0.3) is 0 Å². The van der Waals surface area contributed by atoms with Crippen LogP contribution in [0, 0.1) is 11.7 Å². The number of hydrogen-bond donors (Lipinski definition) is 2. The van der Waals surface area contributed by atoms with Crippen molar-refractivity contribution in [3.8, 4) is 0 Å². The summed E-state index contributed by atoms with van der Waals surface area (Å²) >= 11 is 4.74. The van der Waals surface area contributed by atoms with Gasteiger partial charge in [-0.2, -0.15) is 12.6 Å². The molecular formula is C24H33Cl2FN2O4S. The summed E-state index contributed by atoms with van der Waals surface area (Å²) in [5, 5.41) is 10.1. The maximum atomic E-state index is 14.7. The fourth-order valence-electron chi connectivity index (χ4n) is 4.83. The van der Waals surface area contributed by atoms with Crippen molar-refractivity contribution in [2.24, 2.45) is 5.92 Å². The molecule has 6 nitrogen and oxygen atoms in total. The summed E-state index contributed by atoms with van der Waals surface area (Å²) in [5.74, 6) is -0.576. The number of nitrogens with zero attached hydrogens (tertiary/aromatic N) is 2. The van der Waals surface area contributed by atoms with E-state index in [2.05, 4.69) is 4.90 Å². The van der Waals surface area contributed by atoms with Crippen molar-refractivity contribution in [1.82, 2.24) is 9.80 Å². The smallest absolute Gasteiger partial charge is 0.323 e. The molecule has 1 aromatic carbocycles. The van der Waals surface area contributed by atoms with E-state index >= 15 is 0 Å². The maximum absolute atomic E-state index is 14.7. The molecule has 4 rings (SSSR count). The van der Waals surface area contributed by atoms with Crippen LogP contribution in [0.5, 0.6) is 0 Å². The summed E-state index contributed by atoms with van der Waals surface area (Å²) in [6.45, 7) is 2.07. The molecule has 2 saturated heterocycles. The van der Waals surface area contributed by atoms with Crippen LogP contribution >= 0.6 is 37.4 Å². The molecule has 0 radical (unpaired) electrons. The van der Waals surface area contributed by atoms with Crippen LogP contribution in [0.1, 0.15) is 37.3 Å². The van der Waals surface area contributed by atoms with Gasteiger partial charge in [-0.15, -0.1) is 24.8 Å². The lowest BCUT2D eigenvalue weighted by atomic mass is 9.93. The normalized spacial score (nSPS) is 27.5. The van der Waals surface area contributed by atoms with Gasteiger partial charge in [0.05, 0.1) is 19.3 Å². The van der Waals surface area contributed by atoms with E-state index in [1.54, 1.807) is 18.2 Å². The van der Waals surface area contributed by atoms with Crippen molar-refractivity contribution < 1.29 is 23.8 Å². The third kappa shape index (κ3) is 6.53. The van der Waals surface area contributed by atoms with Gasteiger partial charge in [-0.1, -0.05) is 24.3 Å². The molecule has 1 N–H and O–H groups in total. The number of hydrogen-bond acceptors (Lipinski definition) is 7. The van der Waals surface area contributed by atoms with Gasteiger partial charge < -0.3 is 9.84 Å². The van der Waals surface area contributed by atoms with Gasteiger partial charge in [0.2, 0.25) is 0 Å². The summed E-state index contributed by atoms with van der Waals surface area (Å²) in [6.07, 6.45) is 4.34. The van der Waals surface area contributed by atoms with E-state index < -0.39 is 18.2 Å². The van der Waals surface area contributed by atoms with Gasteiger partial charge in [-0.3, -0.25) is 19.4 Å². The highest BCUT2D eigenvalue weighted by Crippen LogP contribution is 2.39. The molecule has 2 unspecified atom stereocenters. The summed E-state index contributed by atoms with van der Waals surface area (Å²) in [4.78, 5) is 29.2. The lowest BCUT2D eigenvalue weighted by Gasteiger charge is -2.38. The third-order valence-corrected chi connectivity index (χ3v) is 7.35. The number of methoxy groups -OCH3 is 1. The first-order valence-electron chi connectivity index (χ1n) is 11.3. The second-order valence-corrected chi connectivity index (χ2v) is 9.66. The number of likely N-dealkylation sites (tertiary alicyclic amines) is 2. The number of aliphatic hydroxyl groups is 1. The summed E-state index contributed by atoms with van der Waals surface area (Å²) in [5.41, 5.74) is 1.49. The number of esters is 1. The highest BCUT2D eigenvalue weighted by Gasteiger charge is 2.41. The van der Waals surface area contributed by atoms with Gasteiger partial charge in [0.15, 0.2) is 5.78 Å². The molecule has 1 aliphatic carbocycles. The van der Waals surface area contributed by atoms with Gasteiger partial charge >= 0.3 is 5.97 Å². The molecule has 190 valence electrons. The lowest BCUT2D eigenvalue weighted by molar-refractivity contribution is -0.145. The SMILES string of the molecule is COC(=O)[C@@H]1C[C@@H](O)CN1C/C=C1/CN(C(C(=O)C2CC2)c2ccccc2F)CCC1S.Cl.Cl. The average Bonchev–Trinajstić information content (AvgIpc) is 3.57. The molecule has 1 aromatic rings. The van der Waals surface area contributed by atoms with Crippen molar-refractivity contribution in [2.75, 3.05) is 33.3 Å². The van der Waals surface area contributed by atoms with Crippen LogP contribution in [0.4, 0.5) is 4.39 Å². The van der Waals surface area contributed by atoms with Gasteiger partial charge in [0, 0.05) is 49.3 Å². The summed E-state index contributed by atoms with van der Waals surface area (Å²) in [7, 11) is 1.35. The predicted molar refractivity (Wildman–Crippen MR) is 136 cm³/mol. The maximum Gasteiger partial charge on any atom is 0.323 e. The van der Waals surface area contributed by atoms with E-state index in [0.29, 0.717) is 38.2 Å². The minimum absolute atomic E-state index is 0. The molecule has 0 bridgehead atoms. The van der Waals surface area contributed by atoms with Gasteiger partial charge in [-0.05, 0) is 30.9 Å². The van der Waals surface area contributed by atoms with Crippen LogP contribution in [0.3, 0.4) is 0 Å². The highest BCUT2D eigenvalue weighted by molar-refractivity contribution is 7.81. The Labute approximate surface area is 218 Å². The molecule has 34 heavy (non-hydrogen) atoms. The number of aliphatic hydroxyl groups excluding tert-OH is 1. The number of rotatable bonds is 7. The number of thiol groups is 1. The Morgan fingerprint density at radius 2 is 1.97 bits per heavy atom. The van der Waals surface area contributed by atoms with E-state index in [1.807, 2.05) is 11.0 Å². The molecule has 0 aromatic heterocycles. The van der Waals surface area contributed by atoms with Gasteiger partial charge in [-0.25, -0.2) is 4.39 Å². The molecule has 1 saturated carbocycles. The van der Waals surface area contributed by atoms with E-state index in [0.717, 1.165) is 24.8 Å². The number of piperidine rings is 1. The number of benzene rings is 1. The number of β-amino-alcohol motifs (C(OH)–C–C–N with tert-alkyl or cyclic N) is 1. The zero-order valence-electron chi connectivity index (χ0n) is 19.1. The van der Waals surface area contributed by atoms with Crippen molar-refractivity contribution in [3.05, 3.63) is 47.3 Å². The summed E-state index contributed by atoms with van der Waals surface area (Å²) < 4.78 is 19.6. The monoisotopic (exact) mass is 534 g/mol. The first-order valence-corrected chi connectivity index (χ1v) is 11.8. The predicted octanol–water partition coefficient (Wildman–Crippen LogP) is 3.23. The Bertz CT molecular complexity index is 901. The zero-order chi connectivity index (χ0) is 22.8. The van der Waals surface area contributed by atoms with Crippen LogP contribution in [-0.4, -0.2) is 77.3 Å². The topological polar surface area (TPSA) is 70.1 Å². The Hall–Kier alpha value is -1.16. The Balaban J connectivity index is 0.00000204. The molecule has 4 atom stereocenters. The Morgan fingerprint density at radius 1 is 1.26 bits per heavy atom. The minimum Gasteiger partial charge on any atom is -0.468 e. The standard InChI is InChI=1S/C24H31FN2O4S.2ClH/c1-31-24(30)20-12-17(28)14-26(20)10-8-16-13-27(11-9-21(16)32)22(23(29)15-6-7-15)18-4-2-3-5-19(18)25;;/h2-5,8,15,17,20-22,28,32H,6-7,9-14H2,1H3;2*1H/b16-8-;;/t17-,20+,21?,22?;;/m1../s1. The van der Waals surface area contributed by atoms with E-state index in [4.69, 9.17) is 17.4 Å². The number of Topliss-reactive ketones (excluding diaryl/α,β-unsaturated/α-hetero) is 1. The first-order chi connectivity index (χ1) is 15.4. The first kappa shape index (κ1) is 29.1. The van der Waals surface area contributed by atoms with Gasteiger partial charge in [0.25, 0.3) is 0 Å². The number of carbonyl (C=O) groups excluding carboxylic acids is 2. The van der Waals surface area contributed by atoms with Crippen molar-refractivity contribution in [3.63, 3.8) is 0 Å². The van der Waals surface area contributed by atoms with Crippen molar-refractivity contribution in [1.29, 1.82) is 0 Å².